The zero-order chi connectivity index (χ0) is 14.8. The van der Waals surface area contributed by atoms with Crippen molar-refractivity contribution in [2.24, 2.45) is 5.92 Å². The molecule has 3 nitrogen and oxygen atoms in total. The van der Waals surface area contributed by atoms with Crippen LogP contribution in [-0.4, -0.2) is 36.2 Å². The largest absolute Gasteiger partial charge is 0.506 e. The molecule has 1 saturated heterocycles. The van der Waals surface area contributed by atoms with E-state index in [0.717, 1.165) is 39.0 Å². The molecule has 1 aromatic carbocycles. The molecular formula is C16H24BrCl2FN2O. The van der Waals surface area contributed by atoms with Crippen LogP contribution >= 0.6 is 40.7 Å². The highest BCUT2D eigenvalue weighted by atomic mass is 79.9. The summed E-state index contributed by atoms with van der Waals surface area (Å²) in [5, 5.41) is 13.8. The number of phenolic OH excluding ortho intramolecular Hbond substituents is 1. The molecule has 7 heteroatoms. The molecule has 2 fully saturated rings. The molecule has 0 radical (unpaired) electrons. The Balaban J connectivity index is 0.00000132. The molecule has 132 valence electrons. The minimum Gasteiger partial charge on any atom is -0.506 e. The van der Waals surface area contributed by atoms with E-state index in [1.165, 1.54) is 18.9 Å². The second kappa shape index (κ2) is 9.42. The van der Waals surface area contributed by atoms with E-state index in [2.05, 4.69) is 26.1 Å². The summed E-state index contributed by atoms with van der Waals surface area (Å²) in [6.07, 6.45) is 4.67. The lowest BCUT2D eigenvalue weighted by atomic mass is 9.88. The van der Waals surface area contributed by atoms with Crippen molar-refractivity contribution in [1.29, 1.82) is 0 Å². The summed E-state index contributed by atoms with van der Waals surface area (Å²) >= 11 is 3.33. The summed E-state index contributed by atoms with van der Waals surface area (Å²) in [6.45, 7) is 3.68. The molecule has 1 aromatic rings. The van der Waals surface area contributed by atoms with Crippen LogP contribution in [0.15, 0.2) is 16.6 Å². The Morgan fingerprint density at radius 2 is 1.78 bits per heavy atom. The second-order valence-corrected chi connectivity index (χ2v) is 6.92. The molecule has 1 aliphatic heterocycles. The zero-order valence-electron chi connectivity index (χ0n) is 12.9. The summed E-state index contributed by atoms with van der Waals surface area (Å²) < 4.78 is 15.0. The predicted molar refractivity (Wildman–Crippen MR) is 99.4 cm³/mol. The highest BCUT2D eigenvalue weighted by Crippen LogP contribution is 2.45. The third kappa shape index (κ3) is 4.51. The number of hydrogen-bond acceptors (Lipinski definition) is 3. The van der Waals surface area contributed by atoms with E-state index in [-0.39, 0.29) is 42.4 Å². The fourth-order valence-electron chi connectivity index (χ4n) is 3.79. The van der Waals surface area contributed by atoms with Gasteiger partial charge in [-0.25, -0.2) is 4.39 Å². The van der Waals surface area contributed by atoms with E-state index in [0.29, 0.717) is 16.0 Å². The van der Waals surface area contributed by atoms with Gasteiger partial charge in [-0.1, -0.05) is 12.8 Å². The topological polar surface area (TPSA) is 35.5 Å². The van der Waals surface area contributed by atoms with Crippen LogP contribution in [0.1, 0.15) is 37.3 Å². The summed E-state index contributed by atoms with van der Waals surface area (Å²) in [6, 6.07) is 3.04. The predicted octanol–water partition coefficient (Wildman–Crippen LogP) is 4.27. The average molecular weight is 430 g/mol. The molecule has 3 rings (SSSR count). The fourth-order valence-corrected chi connectivity index (χ4v) is 4.13. The average Bonchev–Trinajstić information content (AvgIpc) is 3.02. The molecular weight excluding hydrogens is 406 g/mol. The van der Waals surface area contributed by atoms with Crippen LogP contribution in [0.25, 0.3) is 0 Å². The zero-order valence-corrected chi connectivity index (χ0v) is 16.2. The van der Waals surface area contributed by atoms with Crippen molar-refractivity contribution in [2.45, 2.75) is 31.7 Å². The van der Waals surface area contributed by atoms with Gasteiger partial charge in [-0.3, -0.25) is 4.90 Å². The van der Waals surface area contributed by atoms with Gasteiger partial charge in [-0.05, 0) is 46.8 Å². The van der Waals surface area contributed by atoms with E-state index in [9.17, 15) is 9.50 Å². The van der Waals surface area contributed by atoms with Crippen molar-refractivity contribution in [3.05, 3.63) is 28.0 Å². The number of nitrogens with one attached hydrogen (secondary N) is 1. The maximum absolute atomic E-state index is 14.5. The van der Waals surface area contributed by atoms with Gasteiger partial charge in [0.1, 0.15) is 11.6 Å². The molecule has 23 heavy (non-hydrogen) atoms. The molecule has 2 N–H and O–H groups in total. The van der Waals surface area contributed by atoms with Crippen LogP contribution in [0.3, 0.4) is 0 Å². The summed E-state index contributed by atoms with van der Waals surface area (Å²) in [7, 11) is 0. The number of rotatable bonds is 3. The van der Waals surface area contributed by atoms with Crippen LogP contribution in [-0.2, 0) is 0 Å². The van der Waals surface area contributed by atoms with Crippen molar-refractivity contribution in [1.82, 2.24) is 10.2 Å². The van der Waals surface area contributed by atoms with E-state index in [1.807, 2.05) is 0 Å². The van der Waals surface area contributed by atoms with E-state index in [4.69, 9.17) is 0 Å². The number of piperazine rings is 1. The smallest absolute Gasteiger partial charge is 0.137 e. The van der Waals surface area contributed by atoms with Gasteiger partial charge in [-0.2, -0.15) is 0 Å². The third-order valence-corrected chi connectivity index (χ3v) is 5.44. The molecule has 2 aliphatic rings. The van der Waals surface area contributed by atoms with Gasteiger partial charge in [-0.15, -0.1) is 24.8 Å². The number of halogens is 4. The van der Waals surface area contributed by atoms with Gasteiger partial charge in [0.15, 0.2) is 0 Å². The van der Waals surface area contributed by atoms with Crippen LogP contribution in [0.4, 0.5) is 4.39 Å². The Hall–Kier alpha value is -0.0700. The van der Waals surface area contributed by atoms with Gasteiger partial charge < -0.3 is 10.4 Å². The fraction of sp³-hybridized carbons (Fsp3) is 0.625. The Kier molecular flexibility index (Phi) is 8.59. The van der Waals surface area contributed by atoms with Crippen LogP contribution in [0.5, 0.6) is 5.75 Å². The van der Waals surface area contributed by atoms with Crippen molar-refractivity contribution >= 4 is 40.7 Å². The van der Waals surface area contributed by atoms with Crippen LogP contribution < -0.4 is 5.32 Å². The molecule has 0 unspecified atom stereocenters. The lowest BCUT2D eigenvalue weighted by Gasteiger charge is -2.39. The molecule has 0 aromatic heterocycles. The van der Waals surface area contributed by atoms with Gasteiger partial charge in [0.25, 0.3) is 0 Å². The maximum atomic E-state index is 14.5. The van der Waals surface area contributed by atoms with Crippen molar-refractivity contribution in [2.75, 3.05) is 26.2 Å². The van der Waals surface area contributed by atoms with E-state index >= 15 is 0 Å². The molecule has 1 saturated carbocycles. The lowest BCUT2D eigenvalue weighted by molar-refractivity contribution is 0.120. The monoisotopic (exact) mass is 428 g/mol. The summed E-state index contributed by atoms with van der Waals surface area (Å²) in [5.74, 6) is 0.231. The third-order valence-electron chi connectivity index (χ3n) is 4.80. The van der Waals surface area contributed by atoms with Crippen molar-refractivity contribution in [3.8, 4) is 5.75 Å². The van der Waals surface area contributed by atoms with E-state index in [1.54, 1.807) is 6.07 Å². The maximum Gasteiger partial charge on any atom is 0.137 e. The number of hydrogen-bond donors (Lipinski definition) is 2. The minimum atomic E-state index is -0.286. The normalized spacial score (nSPS) is 20.6. The van der Waals surface area contributed by atoms with Gasteiger partial charge >= 0.3 is 0 Å². The highest BCUT2D eigenvalue weighted by molar-refractivity contribution is 9.10. The Morgan fingerprint density at radius 3 is 2.39 bits per heavy atom. The van der Waals surface area contributed by atoms with Crippen molar-refractivity contribution < 1.29 is 9.50 Å². The summed E-state index contributed by atoms with van der Waals surface area (Å²) in [5.41, 5.74) is 0.484. The first-order chi connectivity index (χ1) is 10.2. The van der Waals surface area contributed by atoms with Gasteiger partial charge in [0.2, 0.25) is 0 Å². The number of aromatic hydroxyl groups is 1. The highest BCUT2D eigenvalue weighted by Gasteiger charge is 2.35. The molecule has 1 aliphatic carbocycles. The van der Waals surface area contributed by atoms with E-state index < -0.39 is 0 Å². The van der Waals surface area contributed by atoms with Gasteiger partial charge in [0, 0.05) is 37.8 Å². The first kappa shape index (κ1) is 21.0. The quantitative estimate of drug-likeness (QED) is 0.752. The number of benzene rings is 1. The molecule has 1 atom stereocenters. The van der Waals surface area contributed by atoms with Crippen molar-refractivity contribution in [3.63, 3.8) is 0 Å². The first-order valence-corrected chi connectivity index (χ1v) is 8.59. The summed E-state index contributed by atoms with van der Waals surface area (Å²) in [4.78, 5) is 2.34. The van der Waals surface area contributed by atoms with Gasteiger partial charge in [0.05, 0.1) is 4.47 Å². The number of nitrogens with zero attached hydrogens (tertiary/aromatic N) is 1. The Morgan fingerprint density at radius 1 is 1.17 bits per heavy atom. The van der Waals surface area contributed by atoms with Crippen LogP contribution in [0.2, 0.25) is 0 Å². The van der Waals surface area contributed by atoms with Crippen LogP contribution in [0, 0.1) is 11.7 Å². The molecule has 1 heterocycles. The standard InChI is InChI=1S/C16H22BrFN2O.2ClH/c17-12-5-6-13(18)14(16(12)21)15(11-3-1-2-4-11)20-9-7-19-8-10-20;;/h5-6,11,15,19,21H,1-4,7-10H2;2*1H/t15-;;/m1../s1. The first-order valence-electron chi connectivity index (χ1n) is 7.80. The molecule has 0 amide bonds. The SMILES string of the molecule is Cl.Cl.Oc1c(Br)ccc(F)c1[C@@H](C1CCCC1)N1CCNCC1. The minimum absolute atomic E-state index is 0. The second-order valence-electron chi connectivity index (χ2n) is 6.07. The Labute approximate surface area is 158 Å². The molecule has 0 bridgehead atoms. The molecule has 0 spiro atoms. The lowest BCUT2D eigenvalue weighted by Crippen LogP contribution is -2.47. The Bertz CT molecular complexity index is 509. The number of phenols is 1.